The minimum Gasteiger partial charge on any atom is -0.480 e. The summed E-state index contributed by atoms with van der Waals surface area (Å²) in [6.45, 7) is 4.18. The average Bonchev–Trinajstić information content (AvgIpc) is 2.76. The molecule has 5 heteroatoms. The standard InChI is InChI=1S/C15H28.C9H13NO4/c1-2-11-15(12-7-4-8-13-15)14-9-5-3-6-10-14;1-2-3-7-13-5-9(4-10,6-14-7)8(11)12/h14H,2-13H2,1H3;7H,2-3,5-6H2,1H3,(H,11,12). The van der Waals surface area contributed by atoms with Crippen molar-refractivity contribution in [2.24, 2.45) is 16.7 Å². The van der Waals surface area contributed by atoms with Crippen molar-refractivity contribution in [3.8, 4) is 6.07 Å². The van der Waals surface area contributed by atoms with Gasteiger partial charge in [-0.15, -0.1) is 0 Å². The lowest BCUT2D eigenvalue weighted by atomic mass is 9.60. The van der Waals surface area contributed by atoms with Gasteiger partial charge < -0.3 is 14.6 Å². The fraction of sp³-hybridized carbons (Fsp3) is 0.917. The van der Waals surface area contributed by atoms with Gasteiger partial charge in [-0.1, -0.05) is 65.2 Å². The maximum Gasteiger partial charge on any atom is 0.328 e. The van der Waals surface area contributed by atoms with E-state index < -0.39 is 11.4 Å². The van der Waals surface area contributed by atoms with Crippen molar-refractivity contribution < 1.29 is 19.4 Å². The maximum absolute atomic E-state index is 10.8. The zero-order valence-electron chi connectivity index (χ0n) is 18.6. The van der Waals surface area contributed by atoms with Crippen LogP contribution in [0.5, 0.6) is 0 Å². The summed E-state index contributed by atoms with van der Waals surface area (Å²) in [6.07, 6.45) is 19.6. The van der Waals surface area contributed by atoms with Crippen LogP contribution >= 0.6 is 0 Å². The first-order valence-electron chi connectivity index (χ1n) is 11.9. The highest BCUT2D eigenvalue weighted by Crippen LogP contribution is 2.51. The minimum absolute atomic E-state index is 0.0938. The van der Waals surface area contributed by atoms with E-state index in [1.165, 1.54) is 51.4 Å². The normalized spacial score (nSPS) is 29.9. The van der Waals surface area contributed by atoms with Crippen molar-refractivity contribution in [1.82, 2.24) is 0 Å². The Morgan fingerprint density at radius 2 is 1.59 bits per heavy atom. The van der Waals surface area contributed by atoms with Crippen LogP contribution in [-0.4, -0.2) is 30.6 Å². The van der Waals surface area contributed by atoms with Gasteiger partial charge in [-0.2, -0.15) is 5.26 Å². The number of rotatable bonds is 6. The molecule has 0 aromatic carbocycles. The first-order valence-corrected chi connectivity index (χ1v) is 11.9. The Balaban J connectivity index is 0.000000208. The SMILES string of the molecule is CCCC1(C2CCCCC2)CCCCC1.CCCC1OCC(C#N)(C(=O)O)CO1. The van der Waals surface area contributed by atoms with Gasteiger partial charge in [-0.3, -0.25) is 4.79 Å². The minimum atomic E-state index is -1.52. The molecule has 3 aliphatic rings. The van der Waals surface area contributed by atoms with Gasteiger partial charge in [0.2, 0.25) is 5.41 Å². The molecular formula is C24H41NO4. The second-order valence-electron chi connectivity index (χ2n) is 9.35. The monoisotopic (exact) mass is 407 g/mol. The molecule has 1 heterocycles. The highest BCUT2D eigenvalue weighted by molar-refractivity contribution is 5.78. The Hall–Kier alpha value is -1.12. The fourth-order valence-electron chi connectivity index (χ4n) is 5.53. The number of ether oxygens (including phenoxy) is 2. The van der Waals surface area contributed by atoms with Gasteiger partial charge in [0.15, 0.2) is 6.29 Å². The third-order valence-corrected chi connectivity index (χ3v) is 7.25. The topological polar surface area (TPSA) is 79.5 Å². The van der Waals surface area contributed by atoms with Gasteiger partial charge in [-0.05, 0) is 49.9 Å². The summed E-state index contributed by atoms with van der Waals surface area (Å²) in [5, 5.41) is 17.6. The largest absolute Gasteiger partial charge is 0.480 e. The summed E-state index contributed by atoms with van der Waals surface area (Å²) in [7, 11) is 0. The zero-order valence-corrected chi connectivity index (χ0v) is 18.6. The number of hydrogen-bond acceptors (Lipinski definition) is 4. The summed E-state index contributed by atoms with van der Waals surface area (Å²) in [6, 6.07) is 1.73. The molecule has 0 spiro atoms. The van der Waals surface area contributed by atoms with Crippen LogP contribution in [0.2, 0.25) is 0 Å². The average molecular weight is 408 g/mol. The van der Waals surface area contributed by atoms with E-state index in [0.717, 1.165) is 24.2 Å². The third-order valence-electron chi connectivity index (χ3n) is 7.25. The smallest absolute Gasteiger partial charge is 0.328 e. The van der Waals surface area contributed by atoms with E-state index in [-0.39, 0.29) is 19.5 Å². The fourth-order valence-corrected chi connectivity index (χ4v) is 5.53. The number of aliphatic carboxylic acids is 1. The van der Waals surface area contributed by atoms with Crippen molar-refractivity contribution in [3.05, 3.63) is 0 Å². The molecule has 0 aromatic rings. The molecule has 29 heavy (non-hydrogen) atoms. The van der Waals surface area contributed by atoms with E-state index in [4.69, 9.17) is 19.8 Å². The first kappa shape index (κ1) is 24.2. The second-order valence-corrected chi connectivity index (χ2v) is 9.35. The number of carboxylic acid groups (broad SMARTS) is 1. The maximum atomic E-state index is 10.8. The van der Waals surface area contributed by atoms with Gasteiger partial charge >= 0.3 is 5.97 Å². The molecule has 1 aliphatic heterocycles. The Kier molecular flexibility index (Phi) is 9.92. The highest BCUT2D eigenvalue weighted by atomic mass is 16.7. The van der Waals surface area contributed by atoms with Gasteiger partial charge in [0.05, 0.1) is 19.3 Å². The van der Waals surface area contributed by atoms with Gasteiger partial charge in [0.25, 0.3) is 0 Å². The van der Waals surface area contributed by atoms with Crippen LogP contribution in [0.15, 0.2) is 0 Å². The summed E-state index contributed by atoms with van der Waals surface area (Å²) in [4.78, 5) is 10.8. The quantitative estimate of drug-likeness (QED) is 0.578. The van der Waals surface area contributed by atoms with Crippen molar-refractivity contribution >= 4 is 5.97 Å². The first-order chi connectivity index (χ1) is 14.0. The molecule has 0 radical (unpaired) electrons. The lowest BCUT2D eigenvalue weighted by Gasteiger charge is -2.45. The summed E-state index contributed by atoms with van der Waals surface area (Å²) >= 11 is 0. The molecule has 2 saturated carbocycles. The van der Waals surface area contributed by atoms with E-state index >= 15 is 0 Å². The second kappa shape index (κ2) is 11.9. The third kappa shape index (κ3) is 6.43. The lowest BCUT2D eigenvalue weighted by molar-refractivity contribution is -0.223. The molecule has 0 amide bonds. The summed E-state index contributed by atoms with van der Waals surface area (Å²) in [5.74, 6) is -0.0820. The van der Waals surface area contributed by atoms with Crippen molar-refractivity contribution in [3.63, 3.8) is 0 Å². The number of nitrogens with zero attached hydrogens (tertiary/aromatic N) is 1. The van der Waals surface area contributed by atoms with E-state index in [1.54, 1.807) is 31.8 Å². The van der Waals surface area contributed by atoms with Gasteiger partial charge in [0, 0.05) is 0 Å². The van der Waals surface area contributed by atoms with Crippen LogP contribution in [0.3, 0.4) is 0 Å². The Bertz CT molecular complexity index is 516. The number of carboxylic acids is 1. The molecule has 0 atom stereocenters. The van der Waals surface area contributed by atoms with E-state index in [1.807, 2.05) is 6.92 Å². The Labute approximate surface area is 177 Å². The Morgan fingerprint density at radius 1 is 1.00 bits per heavy atom. The van der Waals surface area contributed by atoms with Crippen molar-refractivity contribution in [2.45, 2.75) is 110 Å². The number of carbonyl (C=O) groups is 1. The van der Waals surface area contributed by atoms with Crippen LogP contribution in [0.25, 0.3) is 0 Å². The van der Waals surface area contributed by atoms with Gasteiger partial charge in [0.1, 0.15) is 0 Å². The summed E-state index contributed by atoms with van der Waals surface area (Å²) in [5.41, 5.74) is -0.725. The Morgan fingerprint density at radius 3 is 2.07 bits per heavy atom. The molecule has 5 nitrogen and oxygen atoms in total. The van der Waals surface area contributed by atoms with E-state index in [2.05, 4.69) is 6.92 Å². The zero-order chi connectivity index (χ0) is 21.2. The van der Waals surface area contributed by atoms with Crippen molar-refractivity contribution in [1.29, 1.82) is 5.26 Å². The molecule has 1 saturated heterocycles. The van der Waals surface area contributed by atoms with E-state index in [9.17, 15) is 4.79 Å². The van der Waals surface area contributed by atoms with Gasteiger partial charge in [-0.25, -0.2) is 0 Å². The molecule has 0 bridgehead atoms. The van der Waals surface area contributed by atoms with Crippen LogP contribution in [0.1, 0.15) is 104 Å². The number of hydrogen-bond donors (Lipinski definition) is 1. The predicted molar refractivity (Wildman–Crippen MR) is 113 cm³/mol. The lowest BCUT2D eigenvalue weighted by Crippen LogP contribution is -2.46. The molecule has 3 rings (SSSR count). The predicted octanol–water partition coefficient (Wildman–Crippen LogP) is 6.07. The molecule has 0 aromatic heterocycles. The summed E-state index contributed by atoms with van der Waals surface area (Å²) < 4.78 is 10.3. The van der Waals surface area contributed by atoms with Crippen molar-refractivity contribution in [2.75, 3.05) is 13.2 Å². The van der Waals surface area contributed by atoms with Crippen LogP contribution in [0.4, 0.5) is 0 Å². The van der Waals surface area contributed by atoms with Crippen LogP contribution in [-0.2, 0) is 14.3 Å². The van der Waals surface area contributed by atoms with E-state index in [0.29, 0.717) is 0 Å². The number of nitriles is 1. The molecule has 1 N–H and O–H groups in total. The molecule has 166 valence electrons. The molecule has 2 aliphatic carbocycles. The molecular weight excluding hydrogens is 366 g/mol. The molecule has 3 fully saturated rings. The van der Waals surface area contributed by atoms with Crippen LogP contribution < -0.4 is 0 Å². The molecule has 0 unspecified atom stereocenters. The van der Waals surface area contributed by atoms with Crippen LogP contribution in [0, 0.1) is 28.1 Å². The highest BCUT2D eigenvalue weighted by Gasteiger charge is 2.44.